The highest BCUT2D eigenvalue weighted by atomic mass is 79.9. The Kier molecular flexibility index (Phi) is 8.40. The number of phenols is 1. The maximum atomic E-state index is 14.2. The van der Waals surface area contributed by atoms with E-state index in [0.29, 0.717) is 41.7 Å². The van der Waals surface area contributed by atoms with E-state index in [2.05, 4.69) is 60.1 Å². The molecular weight excluding hydrogens is 646 g/mol. The minimum atomic E-state index is -4.03. The minimum Gasteiger partial charge on any atom is -0.507 e. The van der Waals surface area contributed by atoms with Crippen molar-refractivity contribution in [2.75, 3.05) is 13.2 Å². The Morgan fingerprint density at radius 1 is 1.16 bits per heavy atom. The van der Waals surface area contributed by atoms with Gasteiger partial charge in [0.2, 0.25) is 5.78 Å². The highest BCUT2D eigenvalue weighted by Gasteiger charge is 2.39. The maximum Gasteiger partial charge on any atom is 0.268 e. The van der Waals surface area contributed by atoms with Gasteiger partial charge in [-0.05, 0) is 95.3 Å². The van der Waals surface area contributed by atoms with Crippen LogP contribution in [0.5, 0.6) is 5.75 Å². The maximum absolute atomic E-state index is 14.2. The first-order chi connectivity index (χ1) is 20.1. The summed E-state index contributed by atoms with van der Waals surface area (Å²) in [6.07, 6.45) is 4.38. The van der Waals surface area contributed by atoms with Gasteiger partial charge in [0.25, 0.3) is 10.0 Å². The van der Waals surface area contributed by atoms with E-state index < -0.39 is 24.1 Å². The Morgan fingerprint density at radius 3 is 2.51 bits per heavy atom. The molecule has 2 aromatic carbocycles. The van der Waals surface area contributed by atoms with Gasteiger partial charge in [0, 0.05) is 18.3 Å². The number of nitrogens with one attached hydrogen (secondary N) is 1. The summed E-state index contributed by atoms with van der Waals surface area (Å²) in [7, 11) is -6.16. The van der Waals surface area contributed by atoms with Crippen molar-refractivity contribution in [3.05, 3.63) is 92.9 Å². The van der Waals surface area contributed by atoms with Crippen LogP contribution in [0.2, 0.25) is 18.1 Å². The smallest absolute Gasteiger partial charge is 0.268 e. The number of aryl methyl sites for hydroxylation is 1. The molecule has 8 nitrogen and oxygen atoms in total. The summed E-state index contributed by atoms with van der Waals surface area (Å²) >= 11 is 3.40. The van der Waals surface area contributed by atoms with Gasteiger partial charge in [-0.25, -0.2) is 12.4 Å². The van der Waals surface area contributed by atoms with Gasteiger partial charge < -0.3 is 14.8 Å². The third-order valence-electron chi connectivity index (χ3n) is 8.59. The van der Waals surface area contributed by atoms with Crippen LogP contribution in [0.3, 0.4) is 0 Å². The molecule has 0 radical (unpaired) electrons. The number of phenolic OH excluding ortho intramolecular Hbond substituents is 1. The number of nitrogens with zero attached hydrogens (tertiary/aromatic N) is 2. The van der Waals surface area contributed by atoms with Crippen LogP contribution in [-0.2, 0) is 27.3 Å². The summed E-state index contributed by atoms with van der Waals surface area (Å²) in [4.78, 5) is 19.0. The van der Waals surface area contributed by atoms with E-state index in [1.807, 2.05) is 19.1 Å². The number of rotatable bonds is 9. The lowest BCUT2D eigenvalue weighted by Gasteiger charge is -2.37. The average molecular weight is 685 g/mol. The molecule has 1 aliphatic heterocycles. The van der Waals surface area contributed by atoms with Crippen LogP contribution in [0.25, 0.3) is 0 Å². The van der Waals surface area contributed by atoms with Crippen molar-refractivity contribution in [3.63, 3.8) is 0 Å². The van der Waals surface area contributed by atoms with Gasteiger partial charge in [0.05, 0.1) is 33.4 Å². The molecule has 3 aromatic rings. The van der Waals surface area contributed by atoms with Gasteiger partial charge in [-0.1, -0.05) is 44.5 Å². The molecule has 5 rings (SSSR count). The lowest BCUT2D eigenvalue weighted by Crippen LogP contribution is -2.46. The fourth-order valence-electron chi connectivity index (χ4n) is 5.02. The Labute approximate surface area is 263 Å². The number of aliphatic imine (C=N–C) groups is 1. The predicted octanol–water partition coefficient (Wildman–Crippen LogP) is 6.15. The van der Waals surface area contributed by atoms with E-state index in [4.69, 9.17) is 4.43 Å². The summed E-state index contributed by atoms with van der Waals surface area (Å²) < 4.78 is 36.0. The standard InChI is InChI=1S/C32H38BrN3O5SSi/c1-20-7-10-24(11-8-20)42(39,40)36-18-22-13-14-34-26-17-27(31(38)30(36)29(22)26)35-23(19-41-43(5,6)32(2,3)4)15-21-9-12-28(37)25(33)16-21/h7-12,16-18,23,35,37H,13-15,19H2,1-6H3. The van der Waals surface area contributed by atoms with Crippen molar-refractivity contribution < 1.29 is 22.7 Å². The van der Waals surface area contributed by atoms with E-state index in [1.54, 1.807) is 42.6 Å². The number of hydrogen-bond donors (Lipinski definition) is 2. The molecule has 2 aliphatic rings. The number of halogens is 1. The zero-order valence-corrected chi connectivity index (χ0v) is 28.8. The Hall–Kier alpha value is -2.99. The second kappa shape index (κ2) is 11.5. The van der Waals surface area contributed by atoms with Crippen molar-refractivity contribution in [1.82, 2.24) is 9.29 Å². The van der Waals surface area contributed by atoms with Crippen LogP contribution in [0, 0.1) is 6.92 Å². The van der Waals surface area contributed by atoms with E-state index in [9.17, 15) is 18.3 Å². The molecule has 11 heteroatoms. The normalized spacial score (nSPS) is 15.9. The summed E-state index contributed by atoms with van der Waals surface area (Å²) in [6, 6.07) is 11.6. The molecule has 0 spiro atoms. The molecule has 2 heterocycles. The van der Waals surface area contributed by atoms with Crippen LogP contribution < -0.4 is 5.32 Å². The fraction of sp³-hybridized carbons (Fsp3) is 0.375. The van der Waals surface area contributed by atoms with Crippen LogP contribution in [0.1, 0.15) is 53.5 Å². The molecule has 0 amide bonds. The second-order valence-electron chi connectivity index (χ2n) is 12.8. The average Bonchev–Trinajstić information content (AvgIpc) is 3.34. The van der Waals surface area contributed by atoms with Gasteiger partial charge >= 0.3 is 0 Å². The van der Waals surface area contributed by atoms with E-state index in [0.717, 1.165) is 20.7 Å². The molecule has 1 aliphatic carbocycles. The zero-order valence-electron chi connectivity index (χ0n) is 25.4. The zero-order chi connectivity index (χ0) is 31.3. The predicted molar refractivity (Wildman–Crippen MR) is 175 cm³/mol. The Morgan fingerprint density at radius 2 is 1.86 bits per heavy atom. The fourth-order valence-corrected chi connectivity index (χ4v) is 7.89. The highest BCUT2D eigenvalue weighted by molar-refractivity contribution is 9.10. The molecule has 0 fully saturated rings. The molecule has 0 bridgehead atoms. The van der Waals surface area contributed by atoms with Crippen LogP contribution in [0.4, 0.5) is 0 Å². The number of aromatic nitrogens is 1. The molecular formula is C32H38BrN3O5SSi. The van der Waals surface area contributed by atoms with E-state index in [1.165, 1.54) is 0 Å². The number of hydrogen-bond acceptors (Lipinski definition) is 7. The van der Waals surface area contributed by atoms with Crippen LogP contribution >= 0.6 is 15.9 Å². The summed E-state index contributed by atoms with van der Waals surface area (Å²) in [5, 5.41) is 13.4. The first-order valence-corrected chi connectivity index (χ1v) is 19.5. The number of ketones is 1. The SMILES string of the molecule is Cc1ccc(S(=O)(=O)n2cc3c4c2C(=O)C(NC(CO[Si](C)(C)C(C)(C)C)Cc2ccc(O)c(Br)c2)=CC4=NCC3)cc1. The van der Waals surface area contributed by atoms with Gasteiger partial charge in [-0.3, -0.25) is 9.79 Å². The molecule has 228 valence electrons. The van der Waals surface area contributed by atoms with Crippen LogP contribution in [0.15, 0.2) is 74.8 Å². The van der Waals surface area contributed by atoms with Crippen molar-refractivity contribution in [2.45, 2.75) is 69.6 Å². The van der Waals surface area contributed by atoms with Crippen molar-refractivity contribution in [3.8, 4) is 5.75 Å². The highest BCUT2D eigenvalue weighted by Crippen LogP contribution is 2.37. The molecule has 0 saturated carbocycles. The molecule has 1 aromatic heterocycles. The number of allylic oxidation sites excluding steroid dienone is 2. The van der Waals surface area contributed by atoms with Crippen molar-refractivity contribution in [2.24, 2.45) is 4.99 Å². The second-order valence-corrected chi connectivity index (χ2v) is 20.3. The van der Waals surface area contributed by atoms with Crippen molar-refractivity contribution in [1.29, 1.82) is 0 Å². The number of Topliss-reactive ketones (excluding diaryl/α,β-unsaturated/α-hetero) is 1. The number of carbonyl (C=O) groups is 1. The van der Waals surface area contributed by atoms with Gasteiger partial charge in [-0.15, -0.1) is 0 Å². The van der Waals surface area contributed by atoms with Crippen molar-refractivity contribution >= 4 is 45.8 Å². The Balaban J connectivity index is 1.52. The summed E-state index contributed by atoms with van der Waals surface area (Å²) in [5.74, 6) is -0.257. The number of benzene rings is 2. The first kappa shape index (κ1) is 31.4. The molecule has 2 N–H and O–H groups in total. The lowest BCUT2D eigenvalue weighted by atomic mass is 9.92. The third kappa shape index (κ3) is 6.18. The molecule has 1 atom stereocenters. The minimum absolute atomic E-state index is 0.00760. The third-order valence-corrected chi connectivity index (χ3v) is 15.4. The lowest BCUT2D eigenvalue weighted by molar-refractivity contribution is 0.101. The first-order valence-electron chi connectivity index (χ1n) is 14.3. The molecule has 1 unspecified atom stereocenters. The monoisotopic (exact) mass is 683 g/mol. The quantitative estimate of drug-likeness (QED) is 0.262. The van der Waals surface area contributed by atoms with E-state index >= 15 is 0 Å². The topological polar surface area (TPSA) is 110 Å². The van der Waals surface area contributed by atoms with E-state index in [-0.39, 0.29) is 33.1 Å². The number of aromatic hydroxyl groups is 1. The van der Waals surface area contributed by atoms with Crippen LogP contribution in [-0.4, -0.2) is 56.5 Å². The number of carbonyl (C=O) groups excluding carboxylic acids is 1. The molecule has 0 saturated heterocycles. The Bertz CT molecular complexity index is 1750. The largest absolute Gasteiger partial charge is 0.507 e. The van der Waals surface area contributed by atoms with Gasteiger partial charge in [0.1, 0.15) is 11.4 Å². The summed E-state index contributed by atoms with van der Waals surface area (Å²) in [6.45, 7) is 13.6. The summed E-state index contributed by atoms with van der Waals surface area (Å²) in [5.41, 5.74) is 4.26. The van der Waals surface area contributed by atoms with Gasteiger partial charge in [-0.2, -0.15) is 0 Å². The van der Waals surface area contributed by atoms with Gasteiger partial charge in [0.15, 0.2) is 8.32 Å². The molecule has 43 heavy (non-hydrogen) atoms.